The second-order valence-corrected chi connectivity index (χ2v) is 5.99. The van der Waals surface area contributed by atoms with Crippen molar-refractivity contribution in [3.8, 4) is 0 Å². The molecule has 0 saturated heterocycles. The Kier molecular flexibility index (Phi) is 3.72. The average Bonchev–Trinajstić information content (AvgIpc) is 2.84. The Hall–Kier alpha value is -2.56. The van der Waals surface area contributed by atoms with Crippen molar-refractivity contribution >= 4 is 23.2 Å². The minimum absolute atomic E-state index is 0.0262. The lowest BCUT2D eigenvalue weighted by Gasteiger charge is -2.40. The summed E-state index contributed by atoms with van der Waals surface area (Å²) in [6.45, 7) is 7.69. The average molecular weight is 312 g/mol. The number of hydrogen-bond donors (Lipinski definition) is 0. The molecule has 2 amide bonds. The van der Waals surface area contributed by atoms with Gasteiger partial charge in [0, 0.05) is 13.5 Å². The van der Waals surface area contributed by atoms with Crippen LogP contribution in [-0.2, 0) is 4.79 Å². The quantitative estimate of drug-likeness (QED) is 0.812. The SMILES string of the molecule is CC(=O)N1c2ccccc2N(C(=O)c2cc(C)c(C)o2)CC1C. The highest BCUT2D eigenvalue weighted by molar-refractivity contribution is 6.09. The zero-order chi connectivity index (χ0) is 16.7. The van der Waals surface area contributed by atoms with Gasteiger partial charge in [0.05, 0.1) is 17.4 Å². The van der Waals surface area contributed by atoms with Crippen molar-refractivity contribution in [2.75, 3.05) is 16.3 Å². The van der Waals surface area contributed by atoms with Crippen molar-refractivity contribution in [1.82, 2.24) is 0 Å². The first-order chi connectivity index (χ1) is 10.9. The lowest BCUT2D eigenvalue weighted by atomic mass is 10.1. The molecular formula is C18H20N2O3. The van der Waals surface area contributed by atoms with Gasteiger partial charge in [-0.1, -0.05) is 12.1 Å². The summed E-state index contributed by atoms with van der Waals surface area (Å²) in [5.74, 6) is 0.876. The van der Waals surface area contributed by atoms with Gasteiger partial charge in [0.15, 0.2) is 5.76 Å². The fourth-order valence-corrected chi connectivity index (χ4v) is 3.06. The smallest absolute Gasteiger partial charge is 0.294 e. The highest BCUT2D eigenvalue weighted by Gasteiger charge is 2.34. The van der Waals surface area contributed by atoms with Crippen LogP contribution in [0, 0.1) is 13.8 Å². The number of benzene rings is 1. The number of carbonyl (C=O) groups is 2. The van der Waals surface area contributed by atoms with Crippen LogP contribution in [0.25, 0.3) is 0 Å². The molecule has 1 aromatic heterocycles. The van der Waals surface area contributed by atoms with Crippen LogP contribution in [0.1, 0.15) is 35.7 Å². The topological polar surface area (TPSA) is 53.8 Å². The van der Waals surface area contributed by atoms with Gasteiger partial charge in [-0.05, 0) is 44.5 Å². The van der Waals surface area contributed by atoms with Crippen LogP contribution in [-0.4, -0.2) is 24.4 Å². The Balaban J connectivity index is 2.05. The van der Waals surface area contributed by atoms with E-state index in [2.05, 4.69) is 0 Å². The predicted molar refractivity (Wildman–Crippen MR) is 88.9 cm³/mol. The van der Waals surface area contributed by atoms with E-state index in [-0.39, 0.29) is 17.9 Å². The molecule has 0 bridgehead atoms. The molecule has 5 heteroatoms. The minimum atomic E-state index is -0.177. The van der Waals surface area contributed by atoms with E-state index in [4.69, 9.17) is 4.42 Å². The molecule has 5 nitrogen and oxygen atoms in total. The van der Waals surface area contributed by atoms with Crippen molar-refractivity contribution in [2.45, 2.75) is 33.7 Å². The van der Waals surface area contributed by atoms with Gasteiger partial charge < -0.3 is 14.2 Å². The molecular weight excluding hydrogens is 292 g/mol. The minimum Gasteiger partial charge on any atom is -0.456 e. The number of amides is 2. The number of fused-ring (bicyclic) bond motifs is 1. The van der Waals surface area contributed by atoms with E-state index < -0.39 is 0 Å². The number of nitrogens with zero attached hydrogens (tertiary/aromatic N) is 2. The molecule has 120 valence electrons. The third kappa shape index (κ3) is 2.52. The first-order valence-electron chi connectivity index (χ1n) is 7.68. The van der Waals surface area contributed by atoms with E-state index in [1.165, 1.54) is 0 Å². The number of para-hydroxylation sites is 2. The molecule has 1 aliphatic rings. The molecule has 0 radical (unpaired) electrons. The maximum Gasteiger partial charge on any atom is 0.294 e. The number of anilines is 2. The molecule has 0 fully saturated rings. The Morgan fingerprint density at radius 1 is 1.17 bits per heavy atom. The number of aryl methyl sites for hydroxylation is 2. The Bertz CT molecular complexity index is 759. The third-order valence-corrected chi connectivity index (χ3v) is 4.28. The van der Waals surface area contributed by atoms with Gasteiger partial charge in [-0.15, -0.1) is 0 Å². The molecule has 2 heterocycles. The molecule has 0 aliphatic carbocycles. The van der Waals surface area contributed by atoms with Crippen molar-refractivity contribution in [3.63, 3.8) is 0 Å². The van der Waals surface area contributed by atoms with Gasteiger partial charge in [-0.25, -0.2) is 0 Å². The molecule has 1 atom stereocenters. The van der Waals surface area contributed by atoms with E-state index in [0.717, 1.165) is 22.7 Å². The van der Waals surface area contributed by atoms with Gasteiger partial charge in [0.25, 0.3) is 5.91 Å². The molecule has 1 aliphatic heterocycles. The van der Waals surface area contributed by atoms with E-state index in [1.807, 2.05) is 45.0 Å². The molecule has 0 spiro atoms. The van der Waals surface area contributed by atoms with Crippen LogP contribution in [0.4, 0.5) is 11.4 Å². The number of furan rings is 1. The summed E-state index contributed by atoms with van der Waals surface area (Å²) in [6, 6.07) is 9.14. The van der Waals surface area contributed by atoms with Crippen LogP contribution in [0.15, 0.2) is 34.7 Å². The summed E-state index contributed by atoms with van der Waals surface area (Å²) in [6.07, 6.45) is 0. The molecule has 3 rings (SSSR count). The van der Waals surface area contributed by atoms with Gasteiger partial charge in [0.2, 0.25) is 5.91 Å². The standard InChI is InChI=1S/C18H20N2O3/c1-11-9-17(23-13(11)3)18(22)19-10-12(2)20(14(4)21)16-8-6-5-7-15(16)19/h5-9,12H,10H2,1-4H3. The van der Waals surface area contributed by atoms with Gasteiger partial charge in [0.1, 0.15) is 5.76 Å². The van der Waals surface area contributed by atoms with Gasteiger partial charge in [-0.3, -0.25) is 9.59 Å². The number of rotatable bonds is 1. The molecule has 1 aromatic carbocycles. The van der Waals surface area contributed by atoms with E-state index in [1.54, 1.807) is 22.8 Å². The fourth-order valence-electron chi connectivity index (χ4n) is 3.06. The lowest BCUT2D eigenvalue weighted by Crippen LogP contribution is -2.51. The molecule has 23 heavy (non-hydrogen) atoms. The molecule has 0 saturated carbocycles. The Morgan fingerprint density at radius 2 is 1.83 bits per heavy atom. The first-order valence-corrected chi connectivity index (χ1v) is 7.68. The van der Waals surface area contributed by atoms with Crippen molar-refractivity contribution in [1.29, 1.82) is 0 Å². The number of carbonyl (C=O) groups excluding carboxylic acids is 2. The van der Waals surface area contributed by atoms with Crippen LogP contribution >= 0.6 is 0 Å². The first kappa shape index (κ1) is 15.3. The maximum atomic E-state index is 12.9. The Morgan fingerprint density at radius 3 is 2.39 bits per heavy atom. The summed E-state index contributed by atoms with van der Waals surface area (Å²) in [5.41, 5.74) is 2.45. The maximum absolute atomic E-state index is 12.9. The summed E-state index contributed by atoms with van der Waals surface area (Å²) >= 11 is 0. The second-order valence-electron chi connectivity index (χ2n) is 5.99. The summed E-state index contributed by atoms with van der Waals surface area (Å²) in [4.78, 5) is 28.3. The summed E-state index contributed by atoms with van der Waals surface area (Å²) in [7, 11) is 0. The lowest BCUT2D eigenvalue weighted by molar-refractivity contribution is -0.117. The van der Waals surface area contributed by atoms with E-state index >= 15 is 0 Å². The van der Waals surface area contributed by atoms with Crippen molar-refractivity contribution < 1.29 is 14.0 Å². The van der Waals surface area contributed by atoms with Crippen LogP contribution < -0.4 is 9.80 Å². The zero-order valence-electron chi connectivity index (χ0n) is 13.8. The Labute approximate surface area is 135 Å². The monoisotopic (exact) mass is 312 g/mol. The van der Waals surface area contributed by atoms with Crippen molar-refractivity contribution in [3.05, 3.63) is 47.4 Å². The highest BCUT2D eigenvalue weighted by Crippen LogP contribution is 2.36. The molecule has 2 aromatic rings. The van der Waals surface area contributed by atoms with Crippen LogP contribution in [0.3, 0.4) is 0 Å². The predicted octanol–water partition coefficient (Wildman–Crippen LogP) is 3.30. The van der Waals surface area contributed by atoms with Crippen LogP contribution in [0.2, 0.25) is 0 Å². The second kappa shape index (κ2) is 5.57. The fraction of sp³-hybridized carbons (Fsp3) is 0.333. The highest BCUT2D eigenvalue weighted by atomic mass is 16.4. The molecule has 1 unspecified atom stereocenters. The van der Waals surface area contributed by atoms with Crippen LogP contribution in [0.5, 0.6) is 0 Å². The van der Waals surface area contributed by atoms with E-state index in [9.17, 15) is 9.59 Å². The normalized spacial score (nSPS) is 17.1. The van der Waals surface area contributed by atoms with E-state index in [0.29, 0.717) is 12.3 Å². The number of hydrogen-bond acceptors (Lipinski definition) is 3. The van der Waals surface area contributed by atoms with Gasteiger partial charge in [-0.2, -0.15) is 0 Å². The largest absolute Gasteiger partial charge is 0.456 e. The van der Waals surface area contributed by atoms with Gasteiger partial charge >= 0.3 is 0 Å². The summed E-state index contributed by atoms with van der Waals surface area (Å²) < 4.78 is 5.58. The van der Waals surface area contributed by atoms with Crippen molar-refractivity contribution in [2.24, 2.45) is 0 Å². The molecule has 0 N–H and O–H groups in total. The third-order valence-electron chi connectivity index (χ3n) is 4.28. The summed E-state index contributed by atoms with van der Waals surface area (Å²) in [5, 5.41) is 0. The zero-order valence-corrected chi connectivity index (χ0v) is 13.8.